The van der Waals surface area contributed by atoms with Crippen LogP contribution in [0.25, 0.3) is 0 Å². The first-order chi connectivity index (χ1) is 9.10. The van der Waals surface area contributed by atoms with Gasteiger partial charge in [0, 0.05) is 0 Å². The number of esters is 2. The molecule has 0 amide bonds. The van der Waals surface area contributed by atoms with Crippen LogP contribution in [0.4, 0.5) is 0 Å². The van der Waals surface area contributed by atoms with Crippen LogP contribution in [0.15, 0.2) is 0 Å². The van der Waals surface area contributed by atoms with Crippen LogP contribution in [0.1, 0.15) is 20.7 Å². The number of carbonyl (C=O) groups excluding carboxylic acids is 2. The smallest absolute Gasteiger partial charge is 0.351 e. The van der Waals surface area contributed by atoms with Crippen LogP contribution >= 0.6 is 0 Å². The summed E-state index contributed by atoms with van der Waals surface area (Å²) in [5.74, 6) is -1.15. The molecule has 0 spiro atoms. The molecule has 102 valence electrons. The maximum absolute atomic E-state index is 11.7. The molecule has 0 aromatic heterocycles. The van der Waals surface area contributed by atoms with E-state index >= 15 is 0 Å². The summed E-state index contributed by atoms with van der Waals surface area (Å²) in [5.41, 5.74) is -0.0519. The highest BCUT2D eigenvalue weighted by atomic mass is 16.6. The first kappa shape index (κ1) is 13.0. The summed E-state index contributed by atoms with van der Waals surface area (Å²) in [5, 5.41) is 0. The average Bonchev–Trinajstić information content (AvgIpc) is 2.71. The van der Waals surface area contributed by atoms with E-state index in [4.69, 9.17) is 18.9 Å². The zero-order valence-electron chi connectivity index (χ0n) is 10.9. The number of hydrogen-bond donors (Lipinski definition) is 0. The molecule has 19 heavy (non-hydrogen) atoms. The molecule has 1 aromatic carbocycles. The Morgan fingerprint density at radius 3 is 1.21 bits per heavy atom. The SMILES string of the molecule is COc1c(OC)c(OC)c2c(c1OC)C(=O)OC2=O. The lowest BCUT2D eigenvalue weighted by Crippen LogP contribution is -2.05. The first-order valence-corrected chi connectivity index (χ1v) is 5.27. The molecular weight excluding hydrogens is 256 g/mol. The second-order valence-electron chi connectivity index (χ2n) is 3.56. The van der Waals surface area contributed by atoms with Crippen LogP contribution in [0.2, 0.25) is 0 Å². The minimum atomic E-state index is -0.809. The molecule has 1 heterocycles. The summed E-state index contributed by atoms with van der Waals surface area (Å²) >= 11 is 0. The Balaban J connectivity index is 2.91. The van der Waals surface area contributed by atoms with Gasteiger partial charge in [0.15, 0.2) is 11.5 Å². The maximum atomic E-state index is 11.7. The summed E-state index contributed by atoms with van der Waals surface area (Å²) < 4.78 is 25.1. The van der Waals surface area contributed by atoms with Crippen LogP contribution in [0.3, 0.4) is 0 Å². The van der Waals surface area contributed by atoms with E-state index in [1.807, 2.05) is 0 Å². The Labute approximate surface area is 109 Å². The van der Waals surface area contributed by atoms with Crippen LogP contribution < -0.4 is 18.9 Å². The van der Waals surface area contributed by atoms with Gasteiger partial charge < -0.3 is 23.7 Å². The lowest BCUT2D eigenvalue weighted by molar-refractivity contribution is 0.0441. The molecule has 1 aliphatic rings. The number of benzene rings is 1. The summed E-state index contributed by atoms with van der Waals surface area (Å²) in [4.78, 5) is 23.4. The Bertz CT molecular complexity index is 513. The van der Waals surface area contributed by atoms with Gasteiger partial charge in [-0.05, 0) is 0 Å². The van der Waals surface area contributed by atoms with Gasteiger partial charge in [-0.15, -0.1) is 0 Å². The zero-order chi connectivity index (χ0) is 14.2. The highest BCUT2D eigenvalue weighted by Crippen LogP contribution is 2.51. The van der Waals surface area contributed by atoms with Crippen molar-refractivity contribution in [2.75, 3.05) is 28.4 Å². The minimum Gasteiger partial charge on any atom is -0.492 e. The van der Waals surface area contributed by atoms with E-state index < -0.39 is 11.9 Å². The van der Waals surface area contributed by atoms with E-state index in [1.165, 1.54) is 28.4 Å². The third-order valence-electron chi connectivity index (χ3n) is 2.73. The lowest BCUT2D eigenvalue weighted by atomic mass is 10.0. The number of carbonyl (C=O) groups is 2. The second kappa shape index (κ2) is 4.68. The number of fused-ring (bicyclic) bond motifs is 1. The predicted molar refractivity (Wildman–Crippen MR) is 62.4 cm³/mol. The van der Waals surface area contributed by atoms with Gasteiger partial charge in [0.2, 0.25) is 11.5 Å². The standard InChI is InChI=1S/C12H12O7/c1-15-7-5-6(12(14)19-11(5)13)8(16-2)10(18-4)9(7)17-3/h1-4H3. The molecule has 0 bridgehead atoms. The molecule has 1 aromatic rings. The molecule has 0 N–H and O–H groups in total. The van der Waals surface area contributed by atoms with E-state index in [9.17, 15) is 9.59 Å². The van der Waals surface area contributed by atoms with Crippen molar-refractivity contribution in [3.05, 3.63) is 11.1 Å². The van der Waals surface area contributed by atoms with Gasteiger partial charge in [-0.2, -0.15) is 0 Å². The molecule has 0 radical (unpaired) electrons. The molecular formula is C12H12O7. The Morgan fingerprint density at radius 1 is 0.632 bits per heavy atom. The van der Waals surface area contributed by atoms with Gasteiger partial charge >= 0.3 is 11.9 Å². The van der Waals surface area contributed by atoms with E-state index in [0.717, 1.165) is 0 Å². The molecule has 0 atom stereocenters. The normalized spacial score (nSPS) is 12.8. The summed E-state index contributed by atoms with van der Waals surface area (Å²) in [7, 11) is 5.46. The van der Waals surface area contributed by atoms with Crippen molar-refractivity contribution in [2.24, 2.45) is 0 Å². The average molecular weight is 268 g/mol. The number of rotatable bonds is 4. The first-order valence-electron chi connectivity index (χ1n) is 5.27. The van der Waals surface area contributed by atoms with Gasteiger partial charge in [-0.25, -0.2) is 9.59 Å². The van der Waals surface area contributed by atoms with Gasteiger partial charge in [-0.3, -0.25) is 0 Å². The van der Waals surface area contributed by atoms with Crippen molar-refractivity contribution < 1.29 is 33.3 Å². The minimum absolute atomic E-state index is 0.0259. The highest BCUT2D eigenvalue weighted by Gasteiger charge is 2.41. The lowest BCUT2D eigenvalue weighted by Gasteiger charge is -2.17. The van der Waals surface area contributed by atoms with Crippen LogP contribution in [0.5, 0.6) is 23.0 Å². The third kappa shape index (κ3) is 1.66. The predicted octanol–water partition coefficient (Wildman–Crippen LogP) is 1.03. The highest BCUT2D eigenvalue weighted by molar-refractivity contribution is 6.18. The van der Waals surface area contributed by atoms with Crippen LogP contribution in [0, 0.1) is 0 Å². The number of methoxy groups -OCH3 is 4. The van der Waals surface area contributed by atoms with Crippen molar-refractivity contribution in [3.8, 4) is 23.0 Å². The van der Waals surface area contributed by atoms with Crippen molar-refractivity contribution in [3.63, 3.8) is 0 Å². The molecule has 0 unspecified atom stereocenters. The third-order valence-corrected chi connectivity index (χ3v) is 2.73. The van der Waals surface area contributed by atoms with E-state index in [1.54, 1.807) is 0 Å². The second-order valence-corrected chi connectivity index (χ2v) is 3.56. The van der Waals surface area contributed by atoms with Gasteiger partial charge in [-0.1, -0.05) is 0 Å². The molecule has 7 heteroatoms. The molecule has 0 aliphatic carbocycles. The fraction of sp³-hybridized carbons (Fsp3) is 0.333. The molecule has 0 saturated heterocycles. The Hall–Kier alpha value is -2.44. The van der Waals surface area contributed by atoms with Gasteiger partial charge in [0.1, 0.15) is 11.1 Å². The maximum Gasteiger partial charge on any atom is 0.351 e. The molecule has 2 rings (SSSR count). The van der Waals surface area contributed by atoms with Crippen molar-refractivity contribution in [1.29, 1.82) is 0 Å². The van der Waals surface area contributed by atoms with Crippen molar-refractivity contribution >= 4 is 11.9 Å². The molecule has 7 nitrogen and oxygen atoms in total. The number of ether oxygens (including phenoxy) is 5. The van der Waals surface area contributed by atoms with Crippen molar-refractivity contribution in [2.45, 2.75) is 0 Å². The largest absolute Gasteiger partial charge is 0.492 e. The fourth-order valence-corrected chi connectivity index (χ4v) is 2.00. The topological polar surface area (TPSA) is 80.3 Å². The number of cyclic esters (lactones) is 2. The van der Waals surface area contributed by atoms with Crippen LogP contribution in [-0.4, -0.2) is 40.4 Å². The van der Waals surface area contributed by atoms with Gasteiger partial charge in [0.05, 0.1) is 28.4 Å². The molecule has 1 aliphatic heterocycles. The zero-order valence-corrected chi connectivity index (χ0v) is 10.9. The van der Waals surface area contributed by atoms with E-state index in [-0.39, 0.29) is 34.1 Å². The van der Waals surface area contributed by atoms with E-state index in [0.29, 0.717) is 0 Å². The Kier molecular flexibility index (Phi) is 3.20. The summed E-state index contributed by atoms with van der Waals surface area (Å²) in [6.07, 6.45) is 0. The van der Waals surface area contributed by atoms with E-state index in [2.05, 4.69) is 4.74 Å². The summed E-state index contributed by atoms with van der Waals surface area (Å²) in [6.45, 7) is 0. The van der Waals surface area contributed by atoms with Crippen molar-refractivity contribution in [1.82, 2.24) is 0 Å². The molecule has 0 saturated carbocycles. The van der Waals surface area contributed by atoms with Gasteiger partial charge in [0.25, 0.3) is 0 Å². The summed E-state index contributed by atoms with van der Waals surface area (Å²) in [6, 6.07) is 0. The quantitative estimate of drug-likeness (QED) is 0.596. The van der Waals surface area contributed by atoms with Crippen LogP contribution in [-0.2, 0) is 4.74 Å². The number of hydrogen-bond acceptors (Lipinski definition) is 7. The Morgan fingerprint density at radius 2 is 0.947 bits per heavy atom. The molecule has 0 fully saturated rings. The fourth-order valence-electron chi connectivity index (χ4n) is 2.00. The monoisotopic (exact) mass is 268 g/mol.